The van der Waals surface area contributed by atoms with E-state index in [0.717, 1.165) is 17.8 Å². The molecule has 2 heterocycles. The van der Waals surface area contributed by atoms with Crippen molar-refractivity contribution in [3.05, 3.63) is 58.6 Å². The van der Waals surface area contributed by atoms with Crippen LogP contribution in [0.2, 0.25) is 0 Å². The number of methoxy groups -OCH3 is 1. The van der Waals surface area contributed by atoms with Crippen molar-refractivity contribution in [2.75, 3.05) is 32.2 Å². The number of ether oxygens (including phenoxy) is 4. The van der Waals surface area contributed by atoms with Crippen molar-refractivity contribution in [3.8, 4) is 0 Å². The molecule has 13 heteroatoms. The van der Waals surface area contributed by atoms with E-state index in [0.29, 0.717) is 11.0 Å². The summed E-state index contributed by atoms with van der Waals surface area (Å²) >= 11 is 0. The lowest BCUT2D eigenvalue weighted by molar-refractivity contribution is -0.145. The molecule has 0 bridgehead atoms. The summed E-state index contributed by atoms with van der Waals surface area (Å²) in [5.74, 6) is -4.57. The molecule has 2 aromatic rings. The Morgan fingerprint density at radius 1 is 1.17 bits per heavy atom. The minimum atomic E-state index is -3.83. The van der Waals surface area contributed by atoms with Gasteiger partial charge in [-0.15, -0.1) is 0 Å². The molecule has 0 saturated carbocycles. The summed E-state index contributed by atoms with van der Waals surface area (Å²) in [6.07, 6.45) is -5.37. The van der Waals surface area contributed by atoms with Gasteiger partial charge >= 0.3 is 23.7 Å². The molecule has 0 spiro atoms. The number of carbonyl (C=O) groups is 2. The Kier molecular flexibility index (Phi) is 9.44. The lowest BCUT2D eigenvalue weighted by Crippen LogP contribution is -2.41. The molecule has 0 aliphatic carbocycles. The van der Waals surface area contributed by atoms with Gasteiger partial charge in [-0.1, -0.05) is 30.3 Å². The van der Waals surface area contributed by atoms with Crippen LogP contribution in [0.3, 0.4) is 0 Å². The second-order valence-electron chi connectivity index (χ2n) is 7.90. The molecule has 0 unspecified atom stereocenters. The first kappa shape index (κ1) is 27.2. The van der Waals surface area contributed by atoms with Gasteiger partial charge in [0.15, 0.2) is 0 Å². The highest BCUT2D eigenvalue weighted by molar-refractivity contribution is 5.83. The lowest BCUT2D eigenvalue weighted by Gasteiger charge is -2.21. The number of benzene rings is 1. The molecule has 3 rings (SSSR count). The molecule has 36 heavy (non-hydrogen) atoms. The number of anilines is 1. The second kappa shape index (κ2) is 12.5. The number of aliphatic hydroxyl groups excluding tert-OH is 1. The smallest absolute Gasteiger partial charge is 0.412 e. The quantitative estimate of drug-likeness (QED) is 0.342. The Morgan fingerprint density at radius 2 is 1.92 bits per heavy atom. The molecule has 1 saturated heterocycles. The van der Waals surface area contributed by atoms with Gasteiger partial charge in [0.2, 0.25) is 6.23 Å². The van der Waals surface area contributed by atoms with Gasteiger partial charge in [-0.2, -0.15) is 13.8 Å². The van der Waals surface area contributed by atoms with E-state index < -0.39 is 42.1 Å². The summed E-state index contributed by atoms with van der Waals surface area (Å²) in [7, 11) is 1.42. The summed E-state index contributed by atoms with van der Waals surface area (Å²) in [4.78, 5) is 39.4. The molecule has 1 aliphatic heterocycles. The van der Waals surface area contributed by atoms with E-state index in [-0.39, 0.29) is 38.5 Å². The van der Waals surface area contributed by atoms with Crippen molar-refractivity contribution in [1.82, 2.24) is 9.55 Å². The number of nitrogens with one attached hydrogen (secondary N) is 1. The van der Waals surface area contributed by atoms with Crippen LogP contribution < -0.4 is 11.0 Å². The summed E-state index contributed by atoms with van der Waals surface area (Å²) in [6.45, 7) is -0.130. The van der Waals surface area contributed by atoms with Crippen LogP contribution in [-0.2, 0) is 30.2 Å². The topological polar surface area (TPSA) is 138 Å². The van der Waals surface area contributed by atoms with E-state index in [1.54, 1.807) is 0 Å². The Hall–Kier alpha value is -3.42. The van der Waals surface area contributed by atoms with Crippen molar-refractivity contribution < 1.29 is 42.4 Å². The average Bonchev–Trinajstić information content (AvgIpc) is 3.07. The Labute approximate surface area is 204 Å². The predicted molar refractivity (Wildman–Crippen MR) is 121 cm³/mol. The first-order valence-electron chi connectivity index (χ1n) is 11.1. The zero-order chi connectivity index (χ0) is 26.1. The molecule has 3 atom stereocenters. The molecule has 1 aromatic carbocycles. The molecular weight excluding hydrogens is 484 g/mol. The van der Waals surface area contributed by atoms with Crippen LogP contribution in [0.25, 0.3) is 0 Å². The number of hydrogen-bond donors (Lipinski definition) is 2. The van der Waals surface area contributed by atoms with E-state index in [2.05, 4.69) is 10.3 Å². The van der Waals surface area contributed by atoms with Gasteiger partial charge in [-0.3, -0.25) is 14.7 Å². The number of esters is 1. The highest BCUT2D eigenvalue weighted by atomic mass is 19.3. The van der Waals surface area contributed by atoms with E-state index >= 15 is 0 Å². The summed E-state index contributed by atoms with van der Waals surface area (Å²) in [6, 6.07) is 10.4. The molecular formula is C23H27F2N3O8. The largest absolute Gasteiger partial charge is 0.466 e. The highest BCUT2D eigenvalue weighted by Crippen LogP contribution is 2.43. The normalized spacial score (nSPS) is 20.6. The lowest BCUT2D eigenvalue weighted by atomic mass is 10.1. The molecule has 1 aliphatic rings. The number of aromatic nitrogens is 2. The van der Waals surface area contributed by atoms with Crippen LogP contribution in [0.1, 0.15) is 24.6 Å². The van der Waals surface area contributed by atoms with Crippen molar-refractivity contribution in [1.29, 1.82) is 0 Å². The zero-order valence-electron chi connectivity index (χ0n) is 19.5. The fourth-order valence-corrected chi connectivity index (χ4v) is 3.47. The predicted octanol–water partition coefficient (Wildman–Crippen LogP) is 1.90. The van der Waals surface area contributed by atoms with Gasteiger partial charge in [0.05, 0.1) is 19.3 Å². The van der Waals surface area contributed by atoms with Crippen LogP contribution in [-0.4, -0.2) is 71.8 Å². The van der Waals surface area contributed by atoms with E-state index in [9.17, 15) is 28.3 Å². The number of carbonyl (C=O) groups excluding carboxylic acids is 2. The van der Waals surface area contributed by atoms with Crippen molar-refractivity contribution in [2.24, 2.45) is 0 Å². The first-order valence-corrected chi connectivity index (χ1v) is 11.1. The number of alkyl halides is 2. The third-order valence-corrected chi connectivity index (χ3v) is 5.34. The van der Waals surface area contributed by atoms with Crippen LogP contribution in [0, 0.1) is 0 Å². The average molecular weight is 511 g/mol. The van der Waals surface area contributed by atoms with Gasteiger partial charge < -0.3 is 24.1 Å². The molecule has 196 valence electrons. The van der Waals surface area contributed by atoms with Crippen molar-refractivity contribution in [3.63, 3.8) is 0 Å². The minimum Gasteiger partial charge on any atom is -0.466 e. The fraction of sp³-hybridized carbons (Fsp3) is 0.478. The summed E-state index contributed by atoms with van der Waals surface area (Å²) in [5, 5.41) is 12.3. The van der Waals surface area contributed by atoms with Gasteiger partial charge in [0.25, 0.3) is 0 Å². The van der Waals surface area contributed by atoms with Crippen LogP contribution in [0.15, 0.2) is 47.4 Å². The highest BCUT2D eigenvalue weighted by Gasteiger charge is 2.59. The van der Waals surface area contributed by atoms with Gasteiger partial charge in [-0.25, -0.2) is 9.59 Å². The molecule has 2 N–H and O–H groups in total. The van der Waals surface area contributed by atoms with Crippen LogP contribution in [0.5, 0.6) is 0 Å². The zero-order valence-corrected chi connectivity index (χ0v) is 19.5. The standard InChI is InChI=1S/C23H27F2N3O8/c1-33-13-14-35-22(32)27-17-9-11-28(21(31)26-17)20-23(24,25)19(30)16(36-20)10-12-34-18(29)8-7-15-5-3-2-4-6-15/h2-6,9,11,16,19-20,30H,7-8,10,12-14H2,1H3,(H,26,27,31,32)/t16-,19-,20-/m1/s1. The number of aryl methyl sites for hydroxylation is 1. The third kappa shape index (κ3) is 7.06. The Bertz CT molecular complexity index is 1080. The second-order valence-corrected chi connectivity index (χ2v) is 7.90. The third-order valence-electron chi connectivity index (χ3n) is 5.34. The number of rotatable bonds is 11. The molecule has 1 amide bonds. The monoisotopic (exact) mass is 511 g/mol. The van der Waals surface area contributed by atoms with E-state index in [1.165, 1.54) is 7.11 Å². The molecule has 0 radical (unpaired) electrons. The van der Waals surface area contributed by atoms with Gasteiger partial charge in [0.1, 0.15) is 18.5 Å². The van der Waals surface area contributed by atoms with E-state index in [4.69, 9.17) is 18.9 Å². The van der Waals surface area contributed by atoms with Crippen molar-refractivity contribution >= 4 is 17.9 Å². The molecule has 1 aromatic heterocycles. The maximum atomic E-state index is 14.7. The number of hydrogen-bond acceptors (Lipinski definition) is 9. The maximum absolute atomic E-state index is 14.7. The molecule has 11 nitrogen and oxygen atoms in total. The van der Waals surface area contributed by atoms with Crippen LogP contribution >= 0.6 is 0 Å². The number of aliphatic hydroxyl groups is 1. The maximum Gasteiger partial charge on any atom is 0.412 e. The Morgan fingerprint density at radius 3 is 2.61 bits per heavy atom. The summed E-state index contributed by atoms with van der Waals surface area (Å²) < 4.78 is 49.8. The number of nitrogens with zero attached hydrogens (tertiary/aromatic N) is 2. The SMILES string of the molecule is COCCOC(=O)Nc1ccn([C@@H]2O[C@H](CCOC(=O)CCc3ccccc3)[C@@H](O)C2(F)F)c(=O)n1. The number of halogens is 2. The molecule has 1 fully saturated rings. The fourth-order valence-electron chi connectivity index (χ4n) is 3.47. The van der Waals surface area contributed by atoms with Gasteiger partial charge in [0, 0.05) is 26.1 Å². The van der Waals surface area contributed by atoms with Gasteiger partial charge in [-0.05, 0) is 18.1 Å². The first-order chi connectivity index (χ1) is 17.2. The van der Waals surface area contributed by atoms with E-state index in [1.807, 2.05) is 30.3 Å². The minimum absolute atomic E-state index is 0.0385. The van der Waals surface area contributed by atoms with Crippen molar-refractivity contribution in [2.45, 2.75) is 43.6 Å². The summed E-state index contributed by atoms with van der Waals surface area (Å²) in [5.41, 5.74) is -0.190. The number of amides is 1. The van der Waals surface area contributed by atoms with Crippen LogP contribution in [0.4, 0.5) is 19.4 Å². The Balaban J connectivity index is 1.53.